The summed E-state index contributed by atoms with van der Waals surface area (Å²) < 4.78 is 5.28. The molecule has 1 amide bonds. The number of hydrogen-bond donors (Lipinski definition) is 2. The van der Waals surface area contributed by atoms with Crippen molar-refractivity contribution >= 4 is 17.6 Å². The number of hydrogen-bond acceptors (Lipinski definition) is 5. The molecule has 1 aliphatic heterocycles. The molecule has 6 nitrogen and oxygen atoms in total. The number of carbonyl (C=O) groups excluding carboxylic acids is 1. The van der Waals surface area contributed by atoms with Crippen LogP contribution < -0.4 is 10.2 Å². The predicted molar refractivity (Wildman–Crippen MR) is 96.5 cm³/mol. The van der Waals surface area contributed by atoms with E-state index < -0.39 is 6.09 Å². The molecule has 0 unspecified atom stereocenters. The number of aromatic nitrogens is 1. The molecule has 1 aromatic carbocycles. The first-order chi connectivity index (χ1) is 12.3. The third-order valence-electron chi connectivity index (χ3n) is 4.41. The van der Waals surface area contributed by atoms with Crippen LogP contribution >= 0.6 is 0 Å². The second-order valence-corrected chi connectivity index (χ2v) is 6.17. The molecule has 3 rings (SSSR count). The largest absolute Gasteiger partial charge is 0.444 e. The molecular formula is C19H23N3O3. The molecule has 1 aromatic heterocycles. The Labute approximate surface area is 147 Å². The van der Waals surface area contributed by atoms with Crippen LogP contribution in [0.25, 0.3) is 0 Å². The Balaban J connectivity index is 1.60. The molecule has 1 fully saturated rings. The summed E-state index contributed by atoms with van der Waals surface area (Å²) in [7, 11) is 0. The zero-order valence-corrected chi connectivity index (χ0v) is 14.1. The lowest BCUT2D eigenvalue weighted by Crippen LogP contribution is -2.36. The van der Waals surface area contributed by atoms with Crippen molar-refractivity contribution in [1.29, 1.82) is 0 Å². The summed E-state index contributed by atoms with van der Waals surface area (Å²) in [5.74, 6) is 1.10. The highest BCUT2D eigenvalue weighted by Crippen LogP contribution is 2.27. The molecule has 1 saturated heterocycles. The maximum Gasteiger partial charge on any atom is 0.412 e. The minimum absolute atomic E-state index is 0.226. The molecule has 0 spiro atoms. The van der Waals surface area contributed by atoms with Crippen molar-refractivity contribution in [2.75, 3.05) is 29.9 Å². The van der Waals surface area contributed by atoms with Crippen LogP contribution in [-0.2, 0) is 11.3 Å². The Bertz CT molecular complexity index is 685. The lowest BCUT2D eigenvalue weighted by molar-refractivity contribution is 0.155. The van der Waals surface area contributed by atoms with Crippen molar-refractivity contribution in [3.05, 3.63) is 54.2 Å². The molecule has 0 radical (unpaired) electrons. The summed E-state index contributed by atoms with van der Waals surface area (Å²) >= 11 is 0. The van der Waals surface area contributed by atoms with Gasteiger partial charge in [0.2, 0.25) is 0 Å². The van der Waals surface area contributed by atoms with E-state index in [4.69, 9.17) is 4.74 Å². The Hall–Kier alpha value is -2.60. The maximum absolute atomic E-state index is 12.1. The first-order valence-corrected chi connectivity index (χ1v) is 8.55. The molecule has 2 heterocycles. The van der Waals surface area contributed by atoms with Gasteiger partial charge in [0.05, 0.1) is 5.69 Å². The normalized spacial score (nSPS) is 15.0. The lowest BCUT2D eigenvalue weighted by atomic mass is 9.98. The Morgan fingerprint density at radius 2 is 1.96 bits per heavy atom. The van der Waals surface area contributed by atoms with Crippen LogP contribution in [0.2, 0.25) is 0 Å². The standard InChI is InChI=1S/C19H23N3O3/c23-13-15-8-11-22(12-9-15)18-17(7-4-10-20-18)21-19(24)25-14-16-5-2-1-3-6-16/h1-7,10,15,23H,8-9,11-14H2,(H,21,24). The first-order valence-electron chi connectivity index (χ1n) is 8.55. The maximum atomic E-state index is 12.1. The number of nitrogens with zero attached hydrogens (tertiary/aromatic N) is 2. The van der Waals surface area contributed by atoms with Gasteiger partial charge in [-0.1, -0.05) is 30.3 Å². The number of benzene rings is 1. The van der Waals surface area contributed by atoms with Crippen molar-refractivity contribution < 1.29 is 14.6 Å². The van der Waals surface area contributed by atoms with Gasteiger partial charge in [0.1, 0.15) is 6.61 Å². The molecule has 2 aromatic rings. The van der Waals surface area contributed by atoms with E-state index in [0.29, 0.717) is 11.6 Å². The number of anilines is 2. The van der Waals surface area contributed by atoms with Crippen LogP contribution in [0, 0.1) is 5.92 Å². The van der Waals surface area contributed by atoms with Gasteiger partial charge in [-0.15, -0.1) is 0 Å². The molecule has 0 saturated carbocycles. The van der Waals surface area contributed by atoms with Gasteiger partial charge in [-0.05, 0) is 36.5 Å². The molecule has 25 heavy (non-hydrogen) atoms. The second-order valence-electron chi connectivity index (χ2n) is 6.17. The first kappa shape index (κ1) is 17.2. The SMILES string of the molecule is O=C(Nc1cccnc1N1CCC(CO)CC1)OCc1ccccc1. The molecule has 0 atom stereocenters. The molecule has 2 N–H and O–H groups in total. The number of aliphatic hydroxyl groups is 1. The van der Waals surface area contributed by atoms with Gasteiger partial charge in [0, 0.05) is 25.9 Å². The van der Waals surface area contributed by atoms with Crippen LogP contribution in [0.4, 0.5) is 16.3 Å². The van der Waals surface area contributed by atoms with E-state index in [2.05, 4.69) is 15.2 Å². The van der Waals surface area contributed by atoms with Gasteiger partial charge in [0.15, 0.2) is 5.82 Å². The van der Waals surface area contributed by atoms with Gasteiger partial charge in [-0.25, -0.2) is 9.78 Å². The van der Waals surface area contributed by atoms with E-state index in [1.807, 2.05) is 36.4 Å². The summed E-state index contributed by atoms with van der Waals surface area (Å²) in [6.07, 6.45) is 3.06. The number of pyridine rings is 1. The van der Waals surface area contributed by atoms with Gasteiger partial charge < -0.3 is 14.7 Å². The van der Waals surface area contributed by atoms with Crippen LogP contribution in [-0.4, -0.2) is 35.9 Å². The van der Waals surface area contributed by atoms with Crippen molar-refractivity contribution in [2.24, 2.45) is 5.92 Å². The average Bonchev–Trinajstić information content (AvgIpc) is 2.68. The minimum Gasteiger partial charge on any atom is -0.444 e. The molecular weight excluding hydrogens is 318 g/mol. The fourth-order valence-electron chi connectivity index (χ4n) is 2.94. The topological polar surface area (TPSA) is 74.7 Å². The molecule has 1 aliphatic rings. The van der Waals surface area contributed by atoms with Crippen LogP contribution in [0.15, 0.2) is 48.7 Å². The van der Waals surface area contributed by atoms with E-state index >= 15 is 0 Å². The summed E-state index contributed by atoms with van der Waals surface area (Å²) in [6, 6.07) is 13.2. The van der Waals surface area contributed by atoms with Crippen molar-refractivity contribution in [1.82, 2.24) is 4.98 Å². The Kier molecular flexibility index (Phi) is 5.85. The molecule has 0 bridgehead atoms. The number of piperidine rings is 1. The fraction of sp³-hybridized carbons (Fsp3) is 0.368. The minimum atomic E-state index is -0.497. The third-order valence-corrected chi connectivity index (χ3v) is 4.41. The van der Waals surface area contributed by atoms with Gasteiger partial charge in [-0.2, -0.15) is 0 Å². The molecule has 0 aliphatic carbocycles. The smallest absolute Gasteiger partial charge is 0.412 e. The Morgan fingerprint density at radius 1 is 1.20 bits per heavy atom. The number of rotatable bonds is 5. The van der Waals surface area contributed by atoms with Gasteiger partial charge in [0.25, 0.3) is 0 Å². The van der Waals surface area contributed by atoms with E-state index in [-0.39, 0.29) is 13.2 Å². The quantitative estimate of drug-likeness (QED) is 0.874. The zero-order valence-electron chi connectivity index (χ0n) is 14.1. The Morgan fingerprint density at radius 3 is 2.68 bits per heavy atom. The number of aliphatic hydroxyl groups excluding tert-OH is 1. The van der Waals surface area contributed by atoms with E-state index in [0.717, 1.165) is 37.3 Å². The van der Waals surface area contributed by atoms with Crippen LogP contribution in [0.5, 0.6) is 0 Å². The van der Waals surface area contributed by atoms with Crippen molar-refractivity contribution in [3.8, 4) is 0 Å². The number of carbonyl (C=O) groups is 1. The van der Waals surface area contributed by atoms with Gasteiger partial charge in [-0.3, -0.25) is 5.32 Å². The van der Waals surface area contributed by atoms with Crippen LogP contribution in [0.1, 0.15) is 18.4 Å². The summed E-state index contributed by atoms with van der Waals surface area (Å²) in [5, 5.41) is 12.1. The average molecular weight is 341 g/mol. The van der Waals surface area contributed by atoms with Crippen LogP contribution in [0.3, 0.4) is 0 Å². The van der Waals surface area contributed by atoms with Crippen molar-refractivity contribution in [2.45, 2.75) is 19.4 Å². The zero-order chi connectivity index (χ0) is 17.5. The highest BCUT2D eigenvalue weighted by atomic mass is 16.5. The number of ether oxygens (including phenoxy) is 1. The monoisotopic (exact) mass is 341 g/mol. The number of amides is 1. The predicted octanol–water partition coefficient (Wildman–Crippen LogP) is 3.04. The molecule has 132 valence electrons. The van der Waals surface area contributed by atoms with Gasteiger partial charge >= 0.3 is 6.09 Å². The number of nitrogens with one attached hydrogen (secondary N) is 1. The van der Waals surface area contributed by atoms with E-state index in [1.165, 1.54) is 0 Å². The fourth-order valence-corrected chi connectivity index (χ4v) is 2.94. The third kappa shape index (κ3) is 4.70. The van der Waals surface area contributed by atoms with E-state index in [1.54, 1.807) is 12.3 Å². The summed E-state index contributed by atoms with van der Waals surface area (Å²) in [5.41, 5.74) is 1.58. The summed E-state index contributed by atoms with van der Waals surface area (Å²) in [4.78, 5) is 18.7. The lowest BCUT2D eigenvalue weighted by Gasteiger charge is -2.32. The van der Waals surface area contributed by atoms with Crippen molar-refractivity contribution in [3.63, 3.8) is 0 Å². The summed E-state index contributed by atoms with van der Waals surface area (Å²) in [6.45, 7) is 2.09. The molecule has 6 heteroatoms. The highest BCUT2D eigenvalue weighted by molar-refractivity contribution is 5.88. The second kappa shape index (κ2) is 8.48. The van der Waals surface area contributed by atoms with E-state index in [9.17, 15) is 9.90 Å². The highest BCUT2D eigenvalue weighted by Gasteiger charge is 2.22.